The van der Waals surface area contributed by atoms with Gasteiger partial charge in [0.25, 0.3) is 0 Å². The lowest BCUT2D eigenvalue weighted by molar-refractivity contribution is -0.161. The summed E-state index contributed by atoms with van der Waals surface area (Å²) in [5.41, 5.74) is 5.43. The zero-order chi connectivity index (χ0) is 12.3. The predicted molar refractivity (Wildman–Crippen MR) is 64.1 cm³/mol. The van der Waals surface area contributed by atoms with Crippen LogP contribution in [0.2, 0.25) is 0 Å². The fraction of sp³-hybridized carbons (Fsp3) is 0.917. The summed E-state index contributed by atoms with van der Waals surface area (Å²) >= 11 is 0. The average molecular weight is 228 g/mol. The standard InChI is InChI=1S/C12H24N2O2/c1-9(11(15)16-12(2,3)4)14-7-5-10(13)6-8-14/h9-10H,5-8,13H2,1-4H3. The highest BCUT2D eigenvalue weighted by molar-refractivity contribution is 5.75. The molecule has 0 saturated carbocycles. The Bertz CT molecular complexity index is 240. The number of rotatable bonds is 2. The third-order valence-electron chi connectivity index (χ3n) is 2.87. The average Bonchev–Trinajstić information content (AvgIpc) is 2.15. The molecule has 1 aliphatic rings. The van der Waals surface area contributed by atoms with Gasteiger partial charge in [-0.05, 0) is 40.5 Å². The highest BCUT2D eigenvalue weighted by atomic mass is 16.6. The SMILES string of the molecule is CC(C(=O)OC(C)(C)C)N1CCC(N)CC1. The summed E-state index contributed by atoms with van der Waals surface area (Å²) in [6, 6.07) is 0.133. The fourth-order valence-corrected chi connectivity index (χ4v) is 1.84. The van der Waals surface area contributed by atoms with Gasteiger partial charge in [0, 0.05) is 19.1 Å². The molecule has 1 unspecified atom stereocenters. The number of likely N-dealkylation sites (tertiary alicyclic amines) is 1. The quantitative estimate of drug-likeness (QED) is 0.720. The maximum atomic E-state index is 11.8. The first-order valence-corrected chi connectivity index (χ1v) is 6.02. The van der Waals surface area contributed by atoms with Gasteiger partial charge < -0.3 is 10.5 Å². The zero-order valence-electron chi connectivity index (χ0n) is 10.8. The second-order valence-corrected chi connectivity index (χ2v) is 5.58. The monoisotopic (exact) mass is 228 g/mol. The van der Waals surface area contributed by atoms with E-state index in [1.807, 2.05) is 27.7 Å². The molecule has 4 heteroatoms. The van der Waals surface area contributed by atoms with Crippen molar-refractivity contribution in [2.75, 3.05) is 13.1 Å². The number of carbonyl (C=O) groups is 1. The second-order valence-electron chi connectivity index (χ2n) is 5.58. The number of nitrogens with zero attached hydrogens (tertiary/aromatic N) is 1. The van der Waals surface area contributed by atoms with Gasteiger partial charge in [-0.1, -0.05) is 0 Å². The van der Waals surface area contributed by atoms with Gasteiger partial charge in [-0.25, -0.2) is 0 Å². The van der Waals surface area contributed by atoms with Gasteiger partial charge in [-0.3, -0.25) is 9.69 Å². The van der Waals surface area contributed by atoms with E-state index in [9.17, 15) is 4.79 Å². The van der Waals surface area contributed by atoms with Gasteiger partial charge >= 0.3 is 5.97 Å². The minimum Gasteiger partial charge on any atom is -0.459 e. The Labute approximate surface area is 98.1 Å². The molecule has 0 aromatic carbocycles. The number of nitrogens with two attached hydrogens (primary N) is 1. The summed E-state index contributed by atoms with van der Waals surface area (Å²) < 4.78 is 5.37. The normalized spacial score (nSPS) is 21.8. The van der Waals surface area contributed by atoms with Crippen LogP contribution in [0.25, 0.3) is 0 Å². The van der Waals surface area contributed by atoms with E-state index in [-0.39, 0.29) is 12.0 Å². The second kappa shape index (κ2) is 5.15. The van der Waals surface area contributed by atoms with E-state index < -0.39 is 5.60 Å². The van der Waals surface area contributed by atoms with E-state index in [1.54, 1.807) is 0 Å². The molecule has 0 aliphatic carbocycles. The number of piperidine rings is 1. The molecule has 4 nitrogen and oxygen atoms in total. The van der Waals surface area contributed by atoms with Gasteiger partial charge in [0.15, 0.2) is 0 Å². The Morgan fingerprint density at radius 3 is 2.31 bits per heavy atom. The van der Waals surface area contributed by atoms with Crippen LogP contribution in [0.5, 0.6) is 0 Å². The van der Waals surface area contributed by atoms with Crippen LogP contribution < -0.4 is 5.73 Å². The highest BCUT2D eigenvalue weighted by Crippen LogP contribution is 2.15. The number of ether oxygens (including phenoxy) is 1. The molecule has 16 heavy (non-hydrogen) atoms. The van der Waals surface area contributed by atoms with Gasteiger partial charge in [0.1, 0.15) is 11.6 Å². The lowest BCUT2D eigenvalue weighted by Gasteiger charge is -2.34. The van der Waals surface area contributed by atoms with Crippen molar-refractivity contribution in [2.24, 2.45) is 5.73 Å². The third-order valence-corrected chi connectivity index (χ3v) is 2.87. The summed E-state index contributed by atoms with van der Waals surface area (Å²) in [7, 11) is 0. The van der Waals surface area contributed by atoms with Crippen LogP contribution in [-0.2, 0) is 9.53 Å². The first-order chi connectivity index (χ1) is 7.29. The molecule has 2 N–H and O–H groups in total. The molecule has 1 saturated heterocycles. The van der Waals surface area contributed by atoms with Crippen LogP contribution in [0.4, 0.5) is 0 Å². The molecule has 0 aromatic rings. The molecule has 94 valence electrons. The van der Waals surface area contributed by atoms with Crippen LogP contribution >= 0.6 is 0 Å². The number of esters is 1. The van der Waals surface area contributed by atoms with E-state index >= 15 is 0 Å². The Balaban J connectivity index is 2.45. The number of hydrogen-bond donors (Lipinski definition) is 1. The predicted octanol–water partition coefficient (Wildman–Crippen LogP) is 1.14. The first kappa shape index (κ1) is 13.5. The van der Waals surface area contributed by atoms with Crippen LogP contribution in [-0.4, -0.2) is 41.6 Å². The van der Waals surface area contributed by atoms with E-state index in [1.165, 1.54) is 0 Å². The van der Waals surface area contributed by atoms with Gasteiger partial charge in [-0.2, -0.15) is 0 Å². The molecule has 0 bridgehead atoms. The molecule has 1 atom stereocenters. The van der Waals surface area contributed by atoms with Crippen LogP contribution in [0.3, 0.4) is 0 Å². The lowest BCUT2D eigenvalue weighted by atomic mass is 10.0. The maximum Gasteiger partial charge on any atom is 0.323 e. The van der Waals surface area contributed by atoms with Crippen molar-refractivity contribution < 1.29 is 9.53 Å². The maximum absolute atomic E-state index is 11.8. The summed E-state index contributed by atoms with van der Waals surface area (Å²) in [4.78, 5) is 14.0. The molecule has 1 aliphatic heterocycles. The molecular weight excluding hydrogens is 204 g/mol. The minimum atomic E-state index is -0.405. The molecule has 0 amide bonds. The molecule has 0 radical (unpaired) electrons. The Morgan fingerprint density at radius 1 is 1.38 bits per heavy atom. The largest absolute Gasteiger partial charge is 0.459 e. The smallest absolute Gasteiger partial charge is 0.323 e. The Kier molecular flexibility index (Phi) is 4.33. The molecule has 0 aromatic heterocycles. The minimum absolute atomic E-state index is 0.136. The number of carbonyl (C=O) groups excluding carboxylic acids is 1. The summed E-state index contributed by atoms with van der Waals surface area (Å²) in [5, 5.41) is 0. The van der Waals surface area contributed by atoms with E-state index in [0.29, 0.717) is 6.04 Å². The first-order valence-electron chi connectivity index (χ1n) is 6.02. The molecule has 1 fully saturated rings. The molecule has 1 rings (SSSR count). The highest BCUT2D eigenvalue weighted by Gasteiger charge is 2.28. The van der Waals surface area contributed by atoms with Gasteiger partial charge in [-0.15, -0.1) is 0 Å². The van der Waals surface area contributed by atoms with Crippen molar-refractivity contribution in [2.45, 2.75) is 58.2 Å². The molecule has 0 spiro atoms. The van der Waals surface area contributed by atoms with E-state index in [4.69, 9.17) is 10.5 Å². The Hall–Kier alpha value is -0.610. The fourth-order valence-electron chi connectivity index (χ4n) is 1.84. The summed E-state index contributed by atoms with van der Waals surface area (Å²) in [6.07, 6.45) is 1.93. The zero-order valence-corrected chi connectivity index (χ0v) is 10.8. The molecule has 1 heterocycles. The summed E-state index contributed by atoms with van der Waals surface area (Å²) in [5.74, 6) is -0.136. The molecular formula is C12H24N2O2. The van der Waals surface area contributed by atoms with Crippen molar-refractivity contribution >= 4 is 5.97 Å². The lowest BCUT2D eigenvalue weighted by Crippen LogP contribution is -2.48. The van der Waals surface area contributed by atoms with Crippen LogP contribution in [0, 0.1) is 0 Å². The van der Waals surface area contributed by atoms with E-state index in [0.717, 1.165) is 25.9 Å². The van der Waals surface area contributed by atoms with Crippen molar-refractivity contribution in [3.05, 3.63) is 0 Å². The van der Waals surface area contributed by atoms with Crippen LogP contribution in [0.1, 0.15) is 40.5 Å². The summed E-state index contributed by atoms with van der Waals surface area (Å²) in [6.45, 7) is 9.37. The Morgan fingerprint density at radius 2 is 1.88 bits per heavy atom. The van der Waals surface area contributed by atoms with Gasteiger partial charge in [0.2, 0.25) is 0 Å². The number of hydrogen-bond acceptors (Lipinski definition) is 4. The van der Waals surface area contributed by atoms with Crippen molar-refractivity contribution in [3.8, 4) is 0 Å². The topological polar surface area (TPSA) is 55.6 Å². The van der Waals surface area contributed by atoms with Crippen molar-refractivity contribution in [1.82, 2.24) is 4.90 Å². The third kappa shape index (κ3) is 4.10. The van der Waals surface area contributed by atoms with Crippen molar-refractivity contribution in [3.63, 3.8) is 0 Å². The van der Waals surface area contributed by atoms with E-state index in [2.05, 4.69) is 4.90 Å². The van der Waals surface area contributed by atoms with Gasteiger partial charge in [0.05, 0.1) is 0 Å². The van der Waals surface area contributed by atoms with Crippen molar-refractivity contribution in [1.29, 1.82) is 0 Å². The van der Waals surface area contributed by atoms with Crippen LogP contribution in [0.15, 0.2) is 0 Å².